The number of aromatic nitrogens is 4. The minimum atomic E-state index is -0.351. The molecule has 0 radical (unpaired) electrons. The Hall–Kier alpha value is -3.78. The fourth-order valence-corrected chi connectivity index (χ4v) is 5.09. The van der Waals surface area contributed by atoms with Gasteiger partial charge >= 0.3 is 0 Å². The Morgan fingerprint density at radius 3 is 2.73 bits per heavy atom. The fraction of sp³-hybridized carbons (Fsp3) is 0.160. The Labute approximate surface area is 229 Å². The number of nitrogens with zero attached hydrogens (tertiary/aromatic N) is 4. The van der Waals surface area contributed by atoms with Gasteiger partial charge < -0.3 is 20.5 Å². The summed E-state index contributed by atoms with van der Waals surface area (Å²) in [4.78, 5) is 22.5. The van der Waals surface area contributed by atoms with Crippen molar-refractivity contribution in [3.63, 3.8) is 0 Å². The number of anilines is 2. The molecule has 0 fully saturated rings. The lowest BCUT2D eigenvalue weighted by Crippen LogP contribution is -2.30. The summed E-state index contributed by atoms with van der Waals surface area (Å²) in [5.41, 5.74) is 2.21. The van der Waals surface area contributed by atoms with E-state index in [1.807, 2.05) is 44.2 Å². The molecule has 5 aromatic rings. The van der Waals surface area contributed by atoms with Crippen molar-refractivity contribution in [1.82, 2.24) is 24.2 Å². The van der Waals surface area contributed by atoms with E-state index in [-0.39, 0.29) is 40.8 Å². The molecule has 4 aromatic heterocycles. The van der Waals surface area contributed by atoms with E-state index < -0.39 is 0 Å². The number of hydrogen-bond donors (Lipinski definition) is 4. The van der Waals surface area contributed by atoms with E-state index in [9.17, 15) is 9.90 Å². The molecule has 188 valence electrons. The van der Waals surface area contributed by atoms with Gasteiger partial charge in [0.25, 0.3) is 5.91 Å². The summed E-state index contributed by atoms with van der Waals surface area (Å²) in [7, 11) is 1.45. The van der Waals surface area contributed by atoms with Crippen LogP contribution in [-0.2, 0) is 0 Å². The van der Waals surface area contributed by atoms with Gasteiger partial charge in [0.05, 0.1) is 12.6 Å². The normalized spacial score (nSPS) is 11.3. The van der Waals surface area contributed by atoms with Crippen molar-refractivity contribution in [2.45, 2.75) is 19.9 Å². The molecule has 0 aliphatic heterocycles. The predicted octanol–water partition coefficient (Wildman–Crippen LogP) is 5.12. The Kier molecular flexibility index (Phi) is 6.69. The van der Waals surface area contributed by atoms with Crippen LogP contribution in [0.2, 0.25) is 0 Å². The number of carbonyl (C=O) groups is 1. The maximum absolute atomic E-state index is 13.4. The van der Waals surface area contributed by atoms with Crippen LogP contribution in [0, 0.1) is 8.98 Å². The molecule has 0 saturated heterocycles. The third-order valence-corrected chi connectivity index (χ3v) is 6.94. The summed E-state index contributed by atoms with van der Waals surface area (Å²) >= 11 is 3.26. The first-order valence-corrected chi connectivity index (χ1v) is 13.1. The van der Waals surface area contributed by atoms with Crippen LogP contribution in [0.15, 0.2) is 48.7 Å². The van der Waals surface area contributed by atoms with Gasteiger partial charge in [0.1, 0.15) is 33.4 Å². The second-order valence-corrected chi connectivity index (χ2v) is 10.5. The SMILES string of the molecule is COc1nc(C(=O)n2ccc3cc4cc(I)ccc4nc32)ccc1Nc1snc(O)c1C(=N)NC(C)C. The summed E-state index contributed by atoms with van der Waals surface area (Å²) in [6, 6.07) is 13.1. The quantitative estimate of drug-likeness (QED) is 0.116. The second kappa shape index (κ2) is 9.94. The average molecular weight is 627 g/mol. The van der Waals surface area contributed by atoms with Gasteiger partial charge in [-0.3, -0.25) is 14.8 Å². The lowest BCUT2D eigenvalue weighted by Gasteiger charge is -2.14. The number of aromatic hydroxyl groups is 1. The number of carbonyl (C=O) groups excluding carboxylic acids is 1. The van der Waals surface area contributed by atoms with Gasteiger partial charge in [-0.05, 0) is 90.4 Å². The number of nitrogens with one attached hydrogen (secondary N) is 3. The van der Waals surface area contributed by atoms with Gasteiger partial charge in [-0.15, -0.1) is 0 Å². The number of fused-ring (bicyclic) bond motifs is 2. The molecule has 0 unspecified atom stereocenters. The Bertz CT molecular complexity index is 1680. The highest BCUT2D eigenvalue weighted by Gasteiger charge is 2.22. The van der Waals surface area contributed by atoms with E-state index in [1.54, 1.807) is 18.3 Å². The Morgan fingerprint density at radius 1 is 1.16 bits per heavy atom. The standard InChI is InChI=1S/C25H22IN7O3S/c1-12(2)28-20(27)19-22(34)32-37-24(19)31-17-6-7-18(30-23(17)36-3)25(35)33-9-8-13-10-14-11-15(26)4-5-16(14)29-21(13)33/h4-12,31H,1-3H3,(H2,27,28)(H,32,34). The molecule has 4 N–H and O–H groups in total. The van der Waals surface area contributed by atoms with Crippen LogP contribution in [0.5, 0.6) is 11.8 Å². The zero-order valence-electron chi connectivity index (χ0n) is 20.0. The number of benzene rings is 1. The number of amidine groups is 1. The van der Waals surface area contributed by atoms with Crippen molar-refractivity contribution in [1.29, 1.82) is 5.41 Å². The van der Waals surface area contributed by atoms with Crippen LogP contribution in [0.1, 0.15) is 29.9 Å². The number of hydrogen-bond acceptors (Lipinski definition) is 9. The lowest BCUT2D eigenvalue weighted by molar-refractivity contribution is 0.0958. The van der Waals surface area contributed by atoms with Crippen molar-refractivity contribution in [3.8, 4) is 11.8 Å². The summed E-state index contributed by atoms with van der Waals surface area (Å²) in [5.74, 6) is -0.385. The van der Waals surface area contributed by atoms with Gasteiger partial charge in [0.2, 0.25) is 11.8 Å². The van der Waals surface area contributed by atoms with Gasteiger partial charge in [0.15, 0.2) is 0 Å². The number of rotatable bonds is 6. The van der Waals surface area contributed by atoms with Crippen LogP contribution in [-0.4, -0.2) is 48.9 Å². The van der Waals surface area contributed by atoms with Crippen molar-refractivity contribution in [2.24, 2.45) is 0 Å². The molecule has 0 saturated carbocycles. The molecule has 37 heavy (non-hydrogen) atoms. The topological polar surface area (TPSA) is 138 Å². The van der Waals surface area contributed by atoms with Gasteiger partial charge in [0, 0.05) is 26.6 Å². The molecular weight excluding hydrogens is 605 g/mol. The van der Waals surface area contributed by atoms with Crippen molar-refractivity contribution in [3.05, 3.63) is 63.5 Å². The Balaban J connectivity index is 1.47. The molecular formula is C25H22IN7O3S. The number of halogens is 1. The van der Waals surface area contributed by atoms with Crippen molar-refractivity contribution < 1.29 is 14.6 Å². The third-order valence-electron chi connectivity index (χ3n) is 5.51. The number of methoxy groups -OCH3 is 1. The molecule has 0 aliphatic rings. The van der Waals surface area contributed by atoms with Crippen molar-refractivity contribution in [2.75, 3.05) is 12.4 Å². The van der Waals surface area contributed by atoms with E-state index in [4.69, 9.17) is 15.1 Å². The number of pyridine rings is 2. The second-order valence-electron chi connectivity index (χ2n) is 8.49. The highest BCUT2D eigenvalue weighted by molar-refractivity contribution is 14.1. The fourth-order valence-electron chi connectivity index (χ4n) is 3.87. The molecule has 0 atom stereocenters. The van der Waals surface area contributed by atoms with E-state index in [0.29, 0.717) is 16.3 Å². The molecule has 12 heteroatoms. The molecule has 10 nitrogen and oxygen atoms in total. The first-order valence-electron chi connectivity index (χ1n) is 11.2. The summed E-state index contributed by atoms with van der Waals surface area (Å²) in [5, 5.41) is 26.8. The zero-order chi connectivity index (χ0) is 26.3. The first-order chi connectivity index (χ1) is 17.7. The monoisotopic (exact) mass is 627 g/mol. The van der Waals surface area contributed by atoms with Gasteiger partial charge in [-0.2, -0.15) is 4.37 Å². The lowest BCUT2D eigenvalue weighted by atomic mass is 10.2. The number of ether oxygens (including phenoxy) is 1. The maximum Gasteiger partial charge on any atom is 0.282 e. The molecule has 4 heterocycles. The maximum atomic E-state index is 13.4. The van der Waals surface area contributed by atoms with E-state index in [1.165, 1.54) is 11.7 Å². The predicted molar refractivity (Wildman–Crippen MR) is 153 cm³/mol. The van der Waals surface area contributed by atoms with E-state index in [2.05, 4.69) is 42.6 Å². The van der Waals surface area contributed by atoms with Crippen LogP contribution >= 0.6 is 34.1 Å². The highest BCUT2D eigenvalue weighted by Crippen LogP contribution is 2.35. The van der Waals surface area contributed by atoms with Crippen molar-refractivity contribution >= 4 is 78.5 Å². The van der Waals surface area contributed by atoms with Crippen LogP contribution in [0.3, 0.4) is 0 Å². The van der Waals surface area contributed by atoms with E-state index >= 15 is 0 Å². The molecule has 0 amide bonds. The summed E-state index contributed by atoms with van der Waals surface area (Å²) < 4.78 is 12.0. The average Bonchev–Trinajstić information content (AvgIpc) is 3.44. The van der Waals surface area contributed by atoms with Gasteiger partial charge in [-0.25, -0.2) is 9.97 Å². The molecule has 5 rings (SSSR count). The molecule has 0 bridgehead atoms. The largest absolute Gasteiger partial charge is 0.492 e. The summed E-state index contributed by atoms with van der Waals surface area (Å²) in [6.07, 6.45) is 1.68. The zero-order valence-corrected chi connectivity index (χ0v) is 23.0. The minimum Gasteiger partial charge on any atom is -0.492 e. The van der Waals surface area contributed by atoms with Crippen LogP contribution in [0.4, 0.5) is 10.7 Å². The molecule has 1 aromatic carbocycles. The molecule has 0 spiro atoms. The highest BCUT2D eigenvalue weighted by atomic mass is 127. The minimum absolute atomic E-state index is 0.00199. The van der Waals surface area contributed by atoms with Crippen LogP contribution in [0.25, 0.3) is 21.9 Å². The first kappa shape index (κ1) is 24.9. The summed E-state index contributed by atoms with van der Waals surface area (Å²) in [6.45, 7) is 3.79. The van der Waals surface area contributed by atoms with Gasteiger partial charge in [-0.1, -0.05) is 0 Å². The third kappa shape index (κ3) is 4.81. The van der Waals surface area contributed by atoms with Crippen LogP contribution < -0.4 is 15.4 Å². The van der Waals surface area contributed by atoms with E-state index in [0.717, 1.165) is 31.4 Å². The molecule has 0 aliphatic carbocycles. The smallest absolute Gasteiger partial charge is 0.282 e. The Morgan fingerprint density at radius 2 is 1.97 bits per heavy atom.